The van der Waals surface area contributed by atoms with Gasteiger partial charge < -0.3 is 14.8 Å². The normalized spacial score (nSPS) is 10.9. The zero-order valence-electron chi connectivity index (χ0n) is 11.6. The first kappa shape index (κ1) is 12.8. The van der Waals surface area contributed by atoms with E-state index in [1.54, 1.807) is 7.11 Å². The van der Waals surface area contributed by atoms with Crippen LogP contribution in [-0.4, -0.2) is 17.2 Å². The van der Waals surface area contributed by atoms with Crippen molar-refractivity contribution in [1.82, 2.24) is 4.98 Å². The molecule has 0 amide bonds. The topological polar surface area (TPSA) is 45.2 Å². The molecule has 2 N–H and O–H groups in total. The number of aliphatic hydroxyl groups excluding tert-OH is 1. The highest BCUT2D eigenvalue weighted by Crippen LogP contribution is 2.40. The largest absolute Gasteiger partial charge is 0.496 e. The molecular weight excluding hydrogens is 250 g/mol. The molecule has 2 aromatic carbocycles. The first-order valence-corrected chi connectivity index (χ1v) is 6.60. The van der Waals surface area contributed by atoms with Gasteiger partial charge in [0.1, 0.15) is 5.75 Å². The summed E-state index contributed by atoms with van der Waals surface area (Å²) in [4.78, 5) is 3.13. The molecule has 0 bridgehead atoms. The molecule has 0 saturated heterocycles. The molecule has 3 aromatic rings. The van der Waals surface area contributed by atoms with Gasteiger partial charge in [0.2, 0.25) is 0 Å². The molecule has 20 heavy (non-hydrogen) atoms. The SMILES string of the molecule is COc1ccc2ccccc2c1-c1c(C)c[nH]c1CO. The van der Waals surface area contributed by atoms with Crippen molar-refractivity contribution in [3.05, 3.63) is 53.9 Å². The number of hydrogen-bond acceptors (Lipinski definition) is 2. The molecule has 0 fully saturated rings. The summed E-state index contributed by atoms with van der Waals surface area (Å²) in [6.07, 6.45) is 1.92. The van der Waals surface area contributed by atoms with Gasteiger partial charge in [-0.2, -0.15) is 0 Å². The Labute approximate surface area is 117 Å². The van der Waals surface area contributed by atoms with Crippen LogP contribution in [-0.2, 0) is 6.61 Å². The minimum atomic E-state index is -0.0183. The van der Waals surface area contributed by atoms with Crippen molar-refractivity contribution in [2.45, 2.75) is 13.5 Å². The van der Waals surface area contributed by atoms with Crippen LogP contribution in [0, 0.1) is 6.92 Å². The minimum Gasteiger partial charge on any atom is -0.496 e. The zero-order valence-corrected chi connectivity index (χ0v) is 11.6. The van der Waals surface area contributed by atoms with E-state index in [1.807, 2.05) is 31.3 Å². The molecule has 0 aliphatic carbocycles. The number of hydrogen-bond donors (Lipinski definition) is 2. The van der Waals surface area contributed by atoms with Crippen LogP contribution in [0.2, 0.25) is 0 Å². The van der Waals surface area contributed by atoms with Gasteiger partial charge in [-0.25, -0.2) is 0 Å². The van der Waals surface area contributed by atoms with Crippen molar-refractivity contribution in [3.8, 4) is 16.9 Å². The third kappa shape index (κ3) is 1.87. The lowest BCUT2D eigenvalue weighted by molar-refractivity contribution is 0.278. The molecule has 0 spiro atoms. The third-order valence-electron chi connectivity index (χ3n) is 3.68. The van der Waals surface area contributed by atoms with E-state index in [9.17, 15) is 5.11 Å². The quantitative estimate of drug-likeness (QED) is 0.761. The maximum absolute atomic E-state index is 9.56. The second kappa shape index (κ2) is 5.02. The van der Waals surface area contributed by atoms with Gasteiger partial charge in [-0.15, -0.1) is 0 Å². The van der Waals surface area contributed by atoms with E-state index >= 15 is 0 Å². The molecule has 3 rings (SSSR count). The zero-order chi connectivity index (χ0) is 14.1. The van der Waals surface area contributed by atoms with Crippen molar-refractivity contribution < 1.29 is 9.84 Å². The highest BCUT2D eigenvalue weighted by atomic mass is 16.5. The van der Waals surface area contributed by atoms with Crippen LogP contribution in [0.5, 0.6) is 5.75 Å². The van der Waals surface area contributed by atoms with Gasteiger partial charge in [0.15, 0.2) is 0 Å². The van der Waals surface area contributed by atoms with Gasteiger partial charge in [-0.3, -0.25) is 0 Å². The summed E-state index contributed by atoms with van der Waals surface area (Å²) in [7, 11) is 1.67. The van der Waals surface area contributed by atoms with Crippen molar-refractivity contribution in [2.24, 2.45) is 0 Å². The van der Waals surface area contributed by atoms with E-state index in [4.69, 9.17) is 4.74 Å². The van der Waals surface area contributed by atoms with Crippen molar-refractivity contribution in [3.63, 3.8) is 0 Å². The minimum absolute atomic E-state index is 0.0183. The maximum Gasteiger partial charge on any atom is 0.127 e. The van der Waals surface area contributed by atoms with Crippen LogP contribution >= 0.6 is 0 Å². The molecule has 0 radical (unpaired) electrons. The summed E-state index contributed by atoms with van der Waals surface area (Å²) >= 11 is 0. The Hall–Kier alpha value is -2.26. The van der Waals surface area contributed by atoms with E-state index in [1.165, 1.54) is 0 Å². The lowest BCUT2D eigenvalue weighted by atomic mass is 9.95. The Kier molecular flexibility index (Phi) is 3.20. The predicted molar refractivity (Wildman–Crippen MR) is 80.9 cm³/mol. The second-order valence-corrected chi connectivity index (χ2v) is 4.85. The van der Waals surface area contributed by atoms with Crippen LogP contribution < -0.4 is 4.74 Å². The number of aromatic nitrogens is 1. The molecule has 0 saturated carbocycles. The summed E-state index contributed by atoms with van der Waals surface area (Å²) in [6, 6.07) is 12.2. The number of rotatable bonds is 3. The van der Waals surface area contributed by atoms with Crippen molar-refractivity contribution in [2.75, 3.05) is 7.11 Å². The first-order chi connectivity index (χ1) is 9.76. The number of benzene rings is 2. The van der Waals surface area contributed by atoms with Crippen LogP contribution in [0.4, 0.5) is 0 Å². The maximum atomic E-state index is 9.56. The Bertz CT molecular complexity index is 759. The molecule has 102 valence electrons. The molecular formula is C17H17NO2. The smallest absolute Gasteiger partial charge is 0.127 e. The number of ether oxygens (including phenoxy) is 1. The van der Waals surface area contributed by atoms with Gasteiger partial charge in [0, 0.05) is 23.0 Å². The highest BCUT2D eigenvalue weighted by molar-refractivity contribution is 6.01. The van der Waals surface area contributed by atoms with Gasteiger partial charge in [-0.05, 0) is 29.3 Å². The lowest BCUT2D eigenvalue weighted by Gasteiger charge is -2.13. The van der Waals surface area contributed by atoms with Crippen LogP contribution in [0.3, 0.4) is 0 Å². The molecule has 0 aliphatic heterocycles. The van der Waals surface area contributed by atoms with Crippen molar-refractivity contribution >= 4 is 10.8 Å². The van der Waals surface area contributed by atoms with E-state index in [2.05, 4.69) is 23.2 Å². The van der Waals surface area contributed by atoms with Crippen LogP contribution in [0.25, 0.3) is 21.9 Å². The van der Waals surface area contributed by atoms with Gasteiger partial charge in [-0.1, -0.05) is 30.3 Å². The van der Waals surface area contributed by atoms with Crippen LogP contribution in [0.15, 0.2) is 42.6 Å². The van der Waals surface area contributed by atoms with E-state index < -0.39 is 0 Å². The number of methoxy groups -OCH3 is 1. The molecule has 3 nitrogen and oxygen atoms in total. The number of nitrogens with one attached hydrogen (secondary N) is 1. The van der Waals surface area contributed by atoms with Crippen LogP contribution in [0.1, 0.15) is 11.3 Å². The van der Waals surface area contributed by atoms with Gasteiger partial charge in [0.05, 0.1) is 13.7 Å². The lowest BCUT2D eigenvalue weighted by Crippen LogP contribution is -1.94. The average Bonchev–Trinajstić information content (AvgIpc) is 2.86. The highest BCUT2D eigenvalue weighted by Gasteiger charge is 2.17. The Morgan fingerprint density at radius 1 is 1.10 bits per heavy atom. The second-order valence-electron chi connectivity index (χ2n) is 4.85. The fraction of sp³-hybridized carbons (Fsp3) is 0.176. The summed E-state index contributed by atoms with van der Waals surface area (Å²) in [5.41, 5.74) is 3.98. The van der Waals surface area contributed by atoms with E-state index in [0.29, 0.717) is 0 Å². The number of aliphatic hydroxyl groups is 1. The molecule has 0 unspecified atom stereocenters. The van der Waals surface area contributed by atoms with E-state index in [-0.39, 0.29) is 6.61 Å². The number of aromatic amines is 1. The summed E-state index contributed by atoms with van der Waals surface area (Å²) in [5, 5.41) is 11.8. The molecule has 0 atom stereocenters. The fourth-order valence-electron chi connectivity index (χ4n) is 2.73. The summed E-state index contributed by atoms with van der Waals surface area (Å²) < 4.78 is 5.54. The Morgan fingerprint density at radius 2 is 1.90 bits per heavy atom. The standard InChI is InChI=1S/C17H17NO2/c1-11-9-18-14(10-19)16(11)17-13-6-4-3-5-12(13)7-8-15(17)20-2/h3-9,18-19H,10H2,1-2H3. The number of H-pyrrole nitrogens is 1. The summed E-state index contributed by atoms with van der Waals surface area (Å²) in [5.74, 6) is 0.820. The first-order valence-electron chi connectivity index (χ1n) is 6.60. The number of aryl methyl sites for hydroxylation is 1. The average molecular weight is 267 g/mol. The number of fused-ring (bicyclic) bond motifs is 1. The molecule has 3 heteroatoms. The Morgan fingerprint density at radius 3 is 2.65 bits per heavy atom. The summed E-state index contributed by atoms with van der Waals surface area (Å²) in [6.45, 7) is 2.02. The van der Waals surface area contributed by atoms with Gasteiger partial charge in [0.25, 0.3) is 0 Å². The molecule has 0 aliphatic rings. The molecule has 1 heterocycles. The van der Waals surface area contributed by atoms with Gasteiger partial charge >= 0.3 is 0 Å². The van der Waals surface area contributed by atoms with E-state index in [0.717, 1.165) is 38.9 Å². The third-order valence-corrected chi connectivity index (χ3v) is 3.68. The predicted octanol–water partition coefficient (Wildman–Crippen LogP) is 3.64. The fourth-order valence-corrected chi connectivity index (χ4v) is 2.73. The van der Waals surface area contributed by atoms with Crippen molar-refractivity contribution in [1.29, 1.82) is 0 Å². The Balaban J connectivity index is 2.42. The molecule has 1 aromatic heterocycles. The monoisotopic (exact) mass is 267 g/mol.